The van der Waals surface area contributed by atoms with Gasteiger partial charge in [0.1, 0.15) is 22.3 Å². The van der Waals surface area contributed by atoms with Crippen LogP contribution in [0.3, 0.4) is 0 Å². The van der Waals surface area contributed by atoms with E-state index in [4.69, 9.17) is 23.8 Å². The molecule has 0 fully saturated rings. The van der Waals surface area contributed by atoms with Gasteiger partial charge in [-0.25, -0.2) is 15.0 Å². The standard InChI is InChI=1S/C51H30N4O2/c1-3-13-31(14-4-1)33-25-27-37-46(30-33)57-45-24-12-21-42(48(37)45)55-40-20-9-7-17-35(40)39-29-34(26-28-41(39)55)50-52-49(32-15-5-2-6-16-32)53-51(54-50)38-19-11-23-44-47(38)36-18-8-10-22-43(36)56-44/h1-30H. The number of hydrogen-bond donors (Lipinski definition) is 0. The van der Waals surface area contributed by atoms with Crippen LogP contribution in [0.4, 0.5) is 0 Å². The van der Waals surface area contributed by atoms with Crippen LogP contribution < -0.4 is 0 Å². The van der Waals surface area contributed by atoms with Crippen molar-refractivity contribution in [1.82, 2.24) is 19.5 Å². The predicted molar refractivity (Wildman–Crippen MR) is 230 cm³/mol. The number of nitrogens with zero attached hydrogens (tertiary/aromatic N) is 4. The molecule has 0 aliphatic carbocycles. The average molecular weight is 731 g/mol. The van der Waals surface area contributed by atoms with E-state index in [1.807, 2.05) is 66.7 Å². The third-order valence-electron chi connectivity index (χ3n) is 11.1. The smallest absolute Gasteiger partial charge is 0.164 e. The number of hydrogen-bond acceptors (Lipinski definition) is 5. The van der Waals surface area contributed by atoms with Crippen molar-refractivity contribution < 1.29 is 8.83 Å². The van der Waals surface area contributed by atoms with E-state index in [2.05, 4.69) is 120 Å². The lowest BCUT2D eigenvalue weighted by Gasteiger charge is -2.11. The lowest BCUT2D eigenvalue weighted by atomic mass is 10.0. The maximum atomic E-state index is 6.55. The minimum atomic E-state index is 0.590. The first-order valence-electron chi connectivity index (χ1n) is 19.0. The summed E-state index contributed by atoms with van der Waals surface area (Å²) in [5, 5.41) is 6.41. The van der Waals surface area contributed by atoms with Gasteiger partial charge < -0.3 is 13.4 Å². The van der Waals surface area contributed by atoms with Crippen molar-refractivity contribution in [3.05, 3.63) is 182 Å². The molecule has 12 aromatic rings. The van der Waals surface area contributed by atoms with Crippen LogP contribution in [-0.2, 0) is 0 Å². The summed E-state index contributed by atoms with van der Waals surface area (Å²) in [6, 6.07) is 62.6. The molecule has 12 rings (SSSR count). The van der Waals surface area contributed by atoms with Crippen molar-refractivity contribution in [1.29, 1.82) is 0 Å². The van der Waals surface area contributed by atoms with Crippen molar-refractivity contribution in [3.63, 3.8) is 0 Å². The van der Waals surface area contributed by atoms with Gasteiger partial charge in [-0.2, -0.15) is 0 Å². The molecule has 0 spiro atoms. The molecule has 8 aromatic carbocycles. The monoisotopic (exact) mass is 730 g/mol. The van der Waals surface area contributed by atoms with Gasteiger partial charge in [0.05, 0.1) is 22.1 Å². The fraction of sp³-hybridized carbons (Fsp3) is 0. The molecule has 6 nitrogen and oxygen atoms in total. The van der Waals surface area contributed by atoms with Crippen LogP contribution in [0.25, 0.3) is 117 Å². The SMILES string of the molecule is c1ccc(-c2ccc3c(c2)oc2cccc(-n4c5ccccc5c5cc(-c6nc(-c7ccccc7)nc(-c7cccc8oc9ccccc9c78)n6)ccc54)c23)cc1. The van der Waals surface area contributed by atoms with E-state index < -0.39 is 0 Å². The molecule has 6 heteroatoms. The second kappa shape index (κ2) is 12.3. The van der Waals surface area contributed by atoms with E-state index in [0.717, 1.165) is 99.2 Å². The van der Waals surface area contributed by atoms with Crippen molar-refractivity contribution in [3.8, 4) is 51.0 Å². The van der Waals surface area contributed by atoms with E-state index in [1.165, 1.54) is 0 Å². The number of benzene rings is 8. The van der Waals surface area contributed by atoms with Crippen LogP contribution in [0.1, 0.15) is 0 Å². The highest BCUT2D eigenvalue weighted by Gasteiger charge is 2.21. The highest BCUT2D eigenvalue weighted by Crippen LogP contribution is 2.41. The molecule has 0 amide bonds. The fourth-order valence-electron chi connectivity index (χ4n) is 8.48. The van der Waals surface area contributed by atoms with Crippen LogP contribution in [-0.4, -0.2) is 19.5 Å². The third kappa shape index (κ3) is 4.94. The molecular weight excluding hydrogens is 701 g/mol. The first-order chi connectivity index (χ1) is 28.2. The maximum absolute atomic E-state index is 6.55. The summed E-state index contributed by atoms with van der Waals surface area (Å²) in [5.74, 6) is 1.80. The van der Waals surface area contributed by atoms with Crippen molar-refractivity contribution in [2.45, 2.75) is 0 Å². The molecule has 0 radical (unpaired) electrons. The Labute approximate surface area is 325 Å². The largest absolute Gasteiger partial charge is 0.456 e. The highest BCUT2D eigenvalue weighted by molar-refractivity contribution is 6.15. The molecule has 0 aliphatic heterocycles. The van der Waals surface area contributed by atoms with Crippen LogP contribution in [0, 0.1) is 0 Å². The Morgan fingerprint density at radius 2 is 0.930 bits per heavy atom. The Kier molecular flexibility index (Phi) is 6.83. The second-order valence-electron chi connectivity index (χ2n) is 14.4. The minimum Gasteiger partial charge on any atom is -0.456 e. The van der Waals surface area contributed by atoms with Crippen molar-refractivity contribution >= 4 is 65.7 Å². The molecule has 0 saturated heterocycles. The quantitative estimate of drug-likeness (QED) is 0.176. The number of aromatic nitrogens is 4. The van der Waals surface area contributed by atoms with Crippen LogP contribution in [0.15, 0.2) is 191 Å². The van der Waals surface area contributed by atoms with Gasteiger partial charge in [0.2, 0.25) is 0 Å². The Morgan fingerprint density at radius 3 is 1.77 bits per heavy atom. The summed E-state index contributed by atoms with van der Waals surface area (Å²) in [4.78, 5) is 15.4. The summed E-state index contributed by atoms with van der Waals surface area (Å²) >= 11 is 0. The number of fused-ring (bicyclic) bond motifs is 9. The Hall–Kier alpha value is -7.83. The molecule has 0 saturated carbocycles. The Morgan fingerprint density at radius 1 is 0.333 bits per heavy atom. The van der Waals surface area contributed by atoms with Gasteiger partial charge in [0.15, 0.2) is 17.5 Å². The van der Waals surface area contributed by atoms with E-state index in [0.29, 0.717) is 17.5 Å². The van der Waals surface area contributed by atoms with Gasteiger partial charge in [-0.05, 0) is 71.8 Å². The molecule has 57 heavy (non-hydrogen) atoms. The van der Waals surface area contributed by atoms with Gasteiger partial charge in [-0.15, -0.1) is 0 Å². The van der Waals surface area contributed by atoms with Crippen LogP contribution in [0.2, 0.25) is 0 Å². The van der Waals surface area contributed by atoms with Crippen molar-refractivity contribution in [2.75, 3.05) is 0 Å². The fourth-order valence-corrected chi connectivity index (χ4v) is 8.48. The Balaban J connectivity index is 1.06. The minimum absolute atomic E-state index is 0.590. The number of rotatable bonds is 5. The van der Waals surface area contributed by atoms with Gasteiger partial charge in [0.25, 0.3) is 0 Å². The molecule has 4 heterocycles. The summed E-state index contributed by atoms with van der Waals surface area (Å²) < 4.78 is 15.2. The molecule has 0 unspecified atom stereocenters. The first kappa shape index (κ1) is 31.5. The molecule has 0 aliphatic rings. The van der Waals surface area contributed by atoms with Gasteiger partial charge >= 0.3 is 0 Å². The van der Waals surface area contributed by atoms with E-state index in [1.54, 1.807) is 0 Å². The number of furan rings is 2. The van der Waals surface area contributed by atoms with E-state index >= 15 is 0 Å². The van der Waals surface area contributed by atoms with Gasteiger partial charge in [0, 0.05) is 43.6 Å². The predicted octanol–water partition coefficient (Wildman–Crippen LogP) is 13.4. The first-order valence-corrected chi connectivity index (χ1v) is 19.0. The zero-order valence-corrected chi connectivity index (χ0v) is 30.4. The molecule has 266 valence electrons. The molecule has 0 N–H and O–H groups in total. The average Bonchev–Trinajstić information content (AvgIpc) is 3.96. The van der Waals surface area contributed by atoms with Gasteiger partial charge in [-0.1, -0.05) is 121 Å². The third-order valence-corrected chi connectivity index (χ3v) is 11.1. The molecule has 4 aromatic heterocycles. The lowest BCUT2D eigenvalue weighted by molar-refractivity contribution is 0.668. The zero-order valence-electron chi connectivity index (χ0n) is 30.4. The highest BCUT2D eigenvalue weighted by atomic mass is 16.3. The second-order valence-corrected chi connectivity index (χ2v) is 14.4. The van der Waals surface area contributed by atoms with Crippen molar-refractivity contribution in [2.24, 2.45) is 0 Å². The van der Waals surface area contributed by atoms with Crippen LogP contribution in [0.5, 0.6) is 0 Å². The van der Waals surface area contributed by atoms with Crippen LogP contribution >= 0.6 is 0 Å². The summed E-state index contributed by atoms with van der Waals surface area (Å²) in [6.45, 7) is 0. The zero-order chi connectivity index (χ0) is 37.5. The van der Waals surface area contributed by atoms with Gasteiger partial charge in [-0.3, -0.25) is 0 Å². The molecule has 0 bridgehead atoms. The van der Waals surface area contributed by atoms with E-state index in [-0.39, 0.29) is 0 Å². The lowest BCUT2D eigenvalue weighted by Crippen LogP contribution is -2.00. The topological polar surface area (TPSA) is 69.9 Å². The summed E-state index contributed by atoms with van der Waals surface area (Å²) in [5.41, 5.74) is 11.6. The number of para-hydroxylation sites is 2. The normalized spacial score (nSPS) is 11.9. The summed E-state index contributed by atoms with van der Waals surface area (Å²) in [6.07, 6.45) is 0. The molecular formula is C51H30N4O2. The molecule has 0 atom stereocenters. The summed E-state index contributed by atoms with van der Waals surface area (Å²) in [7, 11) is 0. The van der Waals surface area contributed by atoms with E-state index in [9.17, 15) is 0 Å². The maximum Gasteiger partial charge on any atom is 0.164 e. The Bertz CT molecular complexity index is 3530.